The number of nitrogens with one attached hydrogen (secondary N) is 2. The summed E-state index contributed by atoms with van der Waals surface area (Å²) in [6, 6.07) is 14.5. The molecule has 1 aliphatic heterocycles. The molecule has 3 heterocycles. The number of piperidine rings is 1. The maximum atomic E-state index is 5.56. The van der Waals surface area contributed by atoms with Crippen LogP contribution in [0, 0.1) is 0 Å². The molecule has 9 heteroatoms. The van der Waals surface area contributed by atoms with E-state index in [0.717, 1.165) is 35.8 Å². The van der Waals surface area contributed by atoms with E-state index in [-0.39, 0.29) is 6.04 Å². The first-order valence-corrected chi connectivity index (χ1v) is 12.0. The van der Waals surface area contributed by atoms with Gasteiger partial charge in [-0.15, -0.1) is 0 Å². The van der Waals surface area contributed by atoms with Crippen molar-refractivity contribution in [2.75, 3.05) is 16.8 Å². The Morgan fingerprint density at radius 2 is 1.91 bits per heavy atom. The van der Waals surface area contributed by atoms with Crippen molar-refractivity contribution in [1.82, 2.24) is 25.3 Å². The summed E-state index contributed by atoms with van der Waals surface area (Å²) in [6.07, 6.45) is 7.03. The summed E-state index contributed by atoms with van der Waals surface area (Å²) in [5, 5.41) is 8.41. The zero-order chi connectivity index (χ0) is 22.3. The first kappa shape index (κ1) is 22.4. The Labute approximate surface area is 198 Å². The summed E-state index contributed by atoms with van der Waals surface area (Å²) >= 11 is 6.98. The van der Waals surface area contributed by atoms with Crippen LogP contribution >= 0.6 is 24.0 Å². The summed E-state index contributed by atoms with van der Waals surface area (Å²) in [7, 11) is 0. The topological polar surface area (TPSA) is 78.9 Å². The van der Waals surface area contributed by atoms with Crippen LogP contribution in [0.25, 0.3) is 0 Å². The molecule has 0 bridgehead atoms. The Morgan fingerprint density at radius 1 is 1.12 bits per heavy atom. The Bertz CT molecular complexity index is 1030. The van der Waals surface area contributed by atoms with E-state index in [1.54, 1.807) is 18.5 Å². The van der Waals surface area contributed by atoms with E-state index in [0.29, 0.717) is 22.3 Å². The summed E-state index contributed by atoms with van der Waals surface area (Å²) in [5.74, 6) is 1.36. The lowest BCUT2D eigenvalue weighted by Gasteiger charge is -2.34. The number of hydrogen-bond acceptors (Lipinski definition) is 7. The van der Waals surface area contributed by atoms with Gasteiger partial charge in [0.25, 0.3) is 0 Å². The van der Waals surface area contributed by atoms with Crippen molar-refractivity contribution in [2.45, 2.75) is 55.4 Å². The molecule has 0 saturated carbocycles. The Balaban J connectivity index is 1.54. The van der Waals surface area contributed by atoms with E-state index in [4.69, 9.17) is 17.2 Å². The zero-order valence-electron chi connectivity index (χ0n) is 18.2. The minimum absolute atomic E-state index is 0.0630. The molecule has 1 aromatic carbocycles. The van der Waals surface area contributed by atoms with Crippen LogP contribution in [0.3, 0.4) is 0 Å². The molecule has 1 fully saturated rings. The molecule has 0 unspecified atom stereocenters. The van der Waals surface area contributed by atoms with Crippen molar-refractivity contribution in [1.29, 1.82) is 0 Å². The summed E-state index contributed by atoms with van der Waals surface area (Å²) in [4.78, 5) is 20.4. The molecule has 166 valence electrons. The van der Waals surface area contributed by atoms with Gasteiger partial charge in [-0.05, 0) is 68.7 Å². The van der Waals surface area contributed by atoms with Crippen LogP contribution in [0.1, 0.15) is 44.7 Å². The van der Waals surface area contributed by atoms with Crippen LogP contribution in [-0.2, 0) is 0 Å². The first-order chi connectivity index (χ1) is 15.6. The fourth-order valence-electron chi connectivity index (χ4n) is 3.70. The minimum Gasteiger partial charge on any atom is -0.356 e. The highest BCUT2D eigenvalue weighted by atomic mass is 32.2. The first-order valence-electron chi connectivity index (χ1n) is 10.8. The van der Waals surface area contributed by atoms with Crippen molar-refractivity contribution >= 4 is 40.9 Å². The van der Waals surface area contributed by atoms with Crippen LogP contribution in [0.2, 0.25) is 0 Å². The van der Waals surface area contributed by atoms with E-state index in [1.807, 2.05) is 24.3 Å². The van der Waals surface area contributed by atoms with Gasteiger partial charge in [-0.1, -0.05) is 30.3 Å². The molecule has 1 saturated heterocycles. The molecular weight excluding hydrogens is 438 g/mol. The fourth-order valence-corrected chi connectivity index (χ4v) is 4.68. The lowest BCUT2D eigenvalue weighted by molar-refractivity contribution is 0.480. The molecule has 32 heavy (non-hydrogen) atoms. The monoisotopic (exact) mass is 465 g/mol. The minimum atomic E-state index is 0.0630. The average molecular weight is 466 g/mol. The van der Waals surface area contributed by atoms with Gasteiger partial charge in [-0.2, -0.15) is 4.98 Å². The summed E-state index contributed by atoms with van der Waals surface area (Å²) < 4.78 is 0. The summed E-state index contributed by atoms with van der Waals surface area (Å²) in [5.41, 5.74) is 1.16. The van der Waals surface area contributed by atoms with Crippen LogP contribution in [0.15, 0.2) is 65.0 Å². The Hall–Kier alpha value is -2.78. The van der Waals surface area contributed by atoms with Gasteiger partial charge in [0.2, 0.25) is 5.95 Å². The smallest absolute Gasteiger partial charge is 0.232 e. The van der Waals surface area contributed by atoms with Gasteiger partial charge < -0.3 is 15.5 Å². The highest BCUT2D eigenvalue weighted by Gasteiger charge is 2.22. The van der Waals surface area contributed by atoms with Crippen molar-refractivity contribution in [3.05, 3.63) is 60.4 Å². The molecule has 0 aliphatic carbocycles. The number of nitrogens with zero attached hydrogens (tertiary/aromatic N) is 5. The number of anilines is 2. The number of aromatic nitrogens is 4. The lowest BCUT2D eigenvalue weighted by atomic mass is 10.0. The third kappa shape index (κ3) is 5.92. The molecule has 0 radical (unpaired) electrons. The predicted molar refractivity (Wildman–Crippen MR) is 133 cm³/mol. The molecular formula is C23H27N7S2. The van der Waals surface area contributed by atoms with Gasteiger partial charge in [-0.3, -0.25) is 0 Å². The third-order valence-electron chi connectivity index (χ3n) is 5.40. The summed E-state index contributed by atoms with van der Waals surface area (Å²) in [6.45, 7) is 5.30. The number of rotatable bonds is 6. The molecule has 1 aliphatic rings. The normalized spacial score (nSPS) is 16.9. The largest absolute Gasteiger partial charge is 0.356 e. The SMILES string of the molecule is C[C@@H]1CCCCN1c1cc(Sc2ncccn2)nc(NC(=S)N[C@H](C)c2ccccc2)n1. The molecule has 0 spiro atoms. The van der Waals surface area contributed by atoms with Crippen LogP contribution < -0.4 is 15.5 Å². The average Bonchev–Trinajstić information content (AvgIpc) is 2.80. The van der Waals surface area contributed by atoms with Gasteiger partial charge in [0.1, 0.15) is 10.8 Å². The van der Waals surface area contributed by atoms with Crippen molar-refractivity contribution in [3.63, 3.8) is 0 Å². The highest BCUT2D eigenvalue weighted by Crippen LogP contribution is 2.29. The van der Waals surface area contributed by atoms with Crippen molar-refractivity contribution in [2.24, 2.45) is 0 Å². The van der Waals surface area contributed by atoms with Crippen LogP contribution in [0.4, 0.5) is 11.8 Å². The van der Waals surface area contributed by atoms with Gasteiger partial charge in [0.15, 0.2) is 10.3 Å². The number of hydrogen-bond donors (Lipinski definition) is 2. The predicted octanol–water partition coefficient (Wildman–Crippen LogP) is 4.84. The van der Waals surface area contributed by atoms with Crippen molar-refractivity contribution < 1.29 is 0 Å². The number of thiocarbonyl (C=S) groups is 1. The van der Waals surface area contributed by atoms with E-state index >= 15 is 0 Å². The van der Waals surface area contributed by atoms with Gasteiger partial charge >= 0.3 is 0 Å². The second kappa shape index (κ2) is 10.7. The molecule has 7 nitrogen and oxygen atoms in total. The van der Waals surface area contributed by atoms with Gasteiger partial charge in [0, 0.05) is 31.0 Å². The van der Waals surface area contributed by atoms with Gasteiger partial charge in [-0.25, -0.2) is 15.0 Å². The zero-order valence-corrected chi connectivity index (χ0v) is 19.9. The molecule has 2 aromatic heterocycles. The quantitative estimate of drug-likeness (QED) is 0.302. The van der Waals surface area contributed by atoms with Gasteiger partial charge in [0.05, 0.1) is 6.04 Å². The standard InChI is InChI=1S/C23H27N7S2/c1-16-9-6-7-14-30(16)19-15-20(32-23-24-12-8-13-25-23)28-21(27-19)29-22(31)26-17(2)18-10-4-3-5-11-18/h3-5,8,10-13,15-17H,6-7,9,14H2,1-2H3,(H2,26,27,28,29,31)/t16-,17-/m1/s1. The lowest BCUT2D eigenvalue weighted by Crippen LogP contribution is -2.38. The molecule has 4 rings (SSSR count). The Morgan fingerprint density at radius 3 is 2.66 bits per heavy atom. The third-order valence-corrected chi connectivity index (χ3v) is 6.43. The van der Waals surface area contributed by atoms with Crippen LogP contribution in [0.5, 0.6) is 0 Å². The molecule has 3 aromatic rings. The second-order valence-electron chi connectivity index (χ2n) is 7.79. The van der Waals surface area contributed by atoms with E-state index in [2.05, 4.69) is 56.5 Å². The van der Waals surface area contributed by atoms with Crippen LogP contribution in [-0.4, -0.2) is 37.6 Å². The highest BCUT2D eigenvalue weighted by molar-refractivity contribution is 7.99. The fraction of sp³-hybridized carbons (Fsp3) is 0.348. The molecule has 2 atom stereocenters. The maximum absolute atomic E-state index is 5.56. The second-order valence-corrected chi connectivity index (χ2v) is 9.19. The Kier molecular flexibility index (Phi) is 7.49. The number of benzene rings is 1. The van der Waals surface area contributed by atoms with E-state index < -0.39 is 0 Å². The molecule has 0 amide bonds. The van der Waals surface area contributed by atoms with E-state index in [1.165, 1.54) is 18.2 Å². The van der Waals surface area contributed by atoms with Crippen molar-refractivity contribution in [3.8, 4) is 0 Å². The van der Waals surface area contributed by atoms with E-state index in [9.17, 15) is 0 Å². The maximum Gasteiger partial charge on any atom is 0.232 e. The molecule has 2 N–H and O–H groups in total.